The number of amides is 2. The predicted octanol–water partition coefficient (Wildman–Crippen LogP) is 3.23. The highest BCUT2D eigenvalue weighted by Crippen LogP contribution is 2.37. The third-order valence-electron chi connectivity index (χ3n) is 4.41. The van der Waals surface area contributed by atoms with Crippen LogP contribution in [-0.2, 0) is 16.0 Å². The van der Waals surface area contributed by atoms with Crippen LogP contribution in [0.5, 0.6) is 0 Å². The molecule has 24 heavy (non-hydrogen) atoms. The molecule has 2 aliphatic rings. The molecule has 0 unspecified atom stereocenters. The summed E-state index contributed by atoms with van der Waals surface area (Å²) in [6.07, 6.45) is 9.16. The molecule has 122 valence electrons. The van der Waals surface area contributed by atoms with E-state index in [1.54, 1.807) is 24.7 Å². The number of nitrogens with one attached hydrogen (secondary N) is 1. The van der Waals surface area contributed by atoms with Gasteiger partial charge in [0.15, 0.2) is 0 Å². The lowest BCUT2D eigenvalue weighted by atomic mass is 10.1. The third kappa shape index (κ3) is 2.97. The van der Waals surface area contributed by atoms with Crippen molar-refractivity contribution in [2.24, 2.45) is 5.92 Å². The maximum atomic E-state index is 12.4. The topological polar surface area (TPSA) is 62.6 Å². The van der Waals surface area contributed by atoms with Crippen LogP contribution >= 0.6 is 0 Å². The molecule has 4 rings (SSSR count). The van der Waals surface area contributed by atoms with Crippen LogP contribution in [0.25, 0.3) is 6.08 Å². The molecule has 1 aliphatic heterocycles. The lowest BCUT2D eigenvalue weighted by Crippen LogP contribution is -2.30. The Balaban J connectivity index is 1.47. The van der Waals surface area contributed by atoms with E-state index in [1.807, 2.05) is 23.1 Å². The minimum absolute atomic E-state index is 0.201. The maximum Gasteiger partial charge on any atom is 0.248 e. The van der Waals surface area contributed by atoms with Gasteiger partial charge in [0, 0.05) is 35.5 Å². The van der Waals surface area contributed by atoms with Gasteiger partial charge in [-0.05, 0) is 49.1 Å². The number of carbonyl (C=O) groups is 2. The summed E-state index contributed by atoms with van der Waals surface area (Å²) < 4.78 is 4.95. The fourth-order valence-corrected chi connectivity index (χ4v) is 2.96. The van der Waals surface area contributed by atoms with E-state index in [0.717, 1.165) is 42.6 Å². The largest absolute Gasteiger partial charge is 0.472 e. The van der Waals surface area contributed by atoms with E-state index in [2.05, 4.69) is 5.32 Å². The first kappa shape index (κ1) is 14.8. The van der Waals surface area contributed by atoms with E-state index >= 15 is 0 Å². The molecule has 1 fully saturated rings. The average Bonchev–Trinajstić information content (AvgIpc) is 3.14. The van der Waals surface area contributed by atoms with Crippen LogP contribution in [0.1, 0.15) is 24.0 Å². The summed E-state index contributed by atoms with van der Waals surface area (Å²) in [7, 11) is 0. The van der Waals surface area contributed by atoms with Crippen molar-refractivity contribution in [3.8, 4) is 0 Å². The number of rotatable bonds is 4. The van der Waals surface area contributed by atoms with Crippen molar-refractivity contribution in [1.82, 2.24) is 0 Å². The van der Waals surface area contributed by atoms with Gasteiger partial charge < -0.3 is 14.6 Å². The monoisotopic (exact) mass is 322 g/mol. The van der Waals surface area contributed by atoms with Gasteiger partial charge in [-0.3, -0.25) is 9.59 Å². The zero-order valence-corrected chi connectivity index (χ0v) is 13.2. The second-order valence-corrected chi connectivity index (χ2v) is 6.24. The van der Waals surface area contributed by atoms with Gasteiger partial charge in [-0.1, -0.05) is 6.07 Å². The van der Waals surface area contributed by atoms with Gasteiger partial charge in [0.25, 0.3) is 0 Å². The molecule has 2 heterocycles. The lowest BCUT2D eigenvalue weighted by molar-refractivity contribution is -0.119. The maximum absolute atomic E-state index is 12.4. The van der Waals surface area contributed by atoms with Crippen LogP contribution in [0.15, 0.2) is 47.3 Å². The molecule has 0 bridgehead atoms. The smallest absolute Gasteiger partial charge is 0.248 e. The minimum atomic E-state index is -0.214. The Labute approximate surface area is 139 Å². The van der Waals surface area contributed by atoms with Gasteiger partial charge in [0.1, 0.15) is 0 Å². The first-order chi connectivity index (χ1) is 11.7. The summed E-state index contributed by atoms with van der Waals surface area (Å²) >= 11 is 0. The number of fused-ring (bicyclic) bond motifs is 1. The number of nitrogens with zero attached hydrogens (tertiary/aromatic N) is 1. The Bertz CT molecular complexity index is 804. The van der Waals surface area contributed by atoms with Crippen LogP contribution < -0.4 is 10.2 Å². The van der Waals surface area contributed by atoms with Crippen LogP contribution in [-0.4, -0.2) is 18.4 Å². The molecule has 0 saturated heterocycles. The molecular formula is C19H18N2O3. The summed E-state index contributed by atoms with van der Waals surface area (Å²) in [5, 5.41) is 2.84. The van der Waals surface area contributed by atoms with E-state index < -0.39 is 0 Å². The zero-order valence-electron chi connectivity index (χ0n) is 13.2. The Morgan fingerprint density at radius 2 is 2.12 bits per heavy atom. The SMILES string of the molecule is O=C(/C=C/c1ccoc1)Nc1ccc2c(c1)N(C(=O)C1CC1)CC2. The van der Waals surface area contributed by atoms with Crippen molar-refractivity contribution in [3.05, 3.63) is 54.0 Å². The molecule has 2 amide bonds. The summed E-state index contributed by atoms with van der Waals surface area (Å²) in [6, 6.07) is 7.55. The fourth-order valence-electron chi connectivity index (χ4n) is 2.96. The predicted molar refractivity (Wildman–Crippen MR) is 91.6 cm³/mol. The van der Waals surface area contributed by atoms with Gasteiger partial charge >= 0.3 is 0 Å². The average molecular weight is 322 g/mol. The lowest BCUT2D eigenvalue weighted by Gasteiger charge is -2.17. The highest BCUT2D eigenvalue weighted by molar-refractivity contribution is 6.03. The summed E-state index contributed by atoms with van der Waals surface area (Å²) in [6.45, 7) is 0.739. The van der Waals surface area contributed by atoms with E-state index in [-0.39, 0.29) is 17.7 Å². The summed E-state index contributed by atoms with van der Waals surface area (Å²) in [5.41, 5.74) is 3.63. The fraction of sp³-hybridized carbons (Fsp3) is 0.263. The molecule has 2 aromatic rings. The molecule has 1 N–H and O–H groups in total. The van der Waals surface area contributed by atoms with Crippen LogP contribution in [0.2, 0.25) is 0 Å². The Kier molecular flexibility index (Phi) is 3.69. The van der Waals surface area contributed by atoms with Crippen LogP contribution in [0.4, 0.5) is 11.4 Å². The molecular weight excluding hydrogens is 304 g/mol. The molecule has 0 radical (unpaired) electrons. The van der Waals surface area contributed by atoms with Crippen molar-refractivity contribution >= 4 is 29.3 Å². The Morgan fingerprint density at radius 1 is 1.25 bits per heavy atom. The third-order valence-corrected chi connectivity index (χ3v) is 4.41. The van der Waals surface area contributed by atoms with E-state index in [9.17, 15) is 9.59 Å². The van der Waals surface area contributed by atoms with Crippen LogP contribution in [0.3, 0.4) is 0 Å². The molecule has 1 aromatic carbocycles. The number of benzene rings is 1. The summed E-state index contributed by atoms with van der Waals surface area (Å²) in [5.74, 6) is 0.207. The summed E-state index contributed by atoms with van der Waals surface area (Å²) in [4.78, 5) is 26.3. The van der Waals surface area contributed by atoms with E-state index in [1.165, 1.54) is 6.08 Å². The Morgan fingerprint density at radius 3 is 2.88 bits per heavy atom. The molecule has 1 saturated carbocycles. The quantitative estimate of drug-likeness (QED) is 0.879. The molecule has 1 aliphatic carbocycles. The van der Waals surface area contributed by atoms with E-state index in [0.29, 0.717) is 5.69 Å². The number of furan rings is 1. The van der Waals surface area contributed by atoms with Gasteiger partial charge in [-0.15, -0.1) is 0 Å². The minimum Gasteiger partial charge on any atom is -0.472 e. The number of anilines is 2. The van der Waals surface area contributed by atoms with Crippen molar-refractivity contribution in [3.63, 3.8) is 0 Å². The highest BCUT2D eigenvalue weighted by atomic mass is 16.3. The van der Waals surface area contributed by atoms with Gasteiger partial charge in [0.05, 0.1) is 12.5 Å². The van der Waals surface area contributed by atoms with Crippen molar-refractivity contribution < 1.29 is 14.0 Å². The van der Waals surface area contributed by atoms with Gasteiger partial charge in [-0.25, -0.2) is 0 Å². The second kappa shape index (κ2) is 6.00. The second-order valence-electron chi connectivity index (χ2n) is 6.24. The first-order valence-corrected chi connectivity index (χ1v) is 8.16. The zero-order chi connectivity index (χ0) is 16.5. The van der Waals surface area contributed by atoms with Crippen molar-refractivity contribution in [1.29, 1.82) is 0 Å². The molecule has 5 heteroatoms. The van der Waals surface area contributed by atoms with Crippen LogP contribution in [0, 0.1) is 5.92 Å². The number of hydrogen-bond acceptors (Lipinski definition) is 3. The molecule has 0 spiro atoms. The van der Waals surface area contributed by atoms with E-state index in [4.69, 9.17) is 4.42 Å². The molecule has 5 nitrogen and oxygen atoms in total. The first-order valence-electron chi connectivity index (χ1n) is 8.16. The number of hydrogen-bond donors (Lipinski definition) is 1. The number of carbonyl (C=O) groups excluding carboxylic acids is 2. The van der Waals surface area contributed by atoms with Gasteiger partial charge in [0.2, 0.25) is 11.8 Å². The molecule has 0 atom stereocenters. The van der Waals surface area contributed by atoms with Crippen molar-refractivity contribution in [2.75, 3.05) is 16.8 Å². The molecule has 1 aromatic heterocycles. The highest BCUT2D eigenvalue weighted by Gasteiger charge is 2.36. The normalized spacial score (nSPS) is 16.4. The standard InChI is InChI=1S/C19H18N2O3/c22-18(6-1-13-8-10-24-12-13)20-16-5-4-14-7-9-21(17(14)11-16)19(23)15-2-3-15/h1,4-6,8,10-12,15H,2-3,7,9H2,(H,20,22)/b6-1+. The Hall–Kier alpha value is -2.82. The van der Waals surface area contributed by atoms with Crippen molar-refractivity contribution in [2.45, 2.75) is 19.3 Å². The van der Waals surface area contributed by atoms with Gasteiger partial charge in [-0.2, -0.15) is 0 Å².